The Morgan fingerprint density at radius 3 is 2.69 bits per heavy atom. The number of nitrogens with zero attached hydrogens (tertiary/aromatic N) is 2. The number of likely N-dealkylation sites (tertiary alicyclic amines) is 1. The van der Waals surface area contributed by atoms with Crippen LogP contribution in [0.25, 0.3) is 0 Å². The highest BCUT2D eigenvalue weighted by Gasteiger charge is 2.70. The van der Waals surface area contributed by atoms with E-state index in [2.05, 4.69) is 0 Å². The fraction of sp³-hybridized carbons (Fsp3) is 0.519. The quantitative estimate of drug-likeness (QED) is 0.355. The average molecular weight is 497 g/mol. The molecule has 186 valence electrons. The van der Waals surface area contributed by atoms with E-state index in [1.807, 2.05) is 59.5 Å². The fourth-order valence-electron chi connectivity index (χ4n) is 5.91. The molecule has 0 aromatic heterocycles. The molecular formula is C27H32N2O5S. The number of ether oxygens (including phenoxy) is 1. The fourth-order valence-corrected chi connectivity index (χ4v) is 7.91. The number of unbranched alkanes of at least 4 members (excludes halogenated alkanes) is 2. The SMILES string of the molecule is O=C1OCCC=C[C@@H]2S[C@]34C=CCN(Cc5ccccc5)C(=O)C3N(CCCCCO)C(=O)[C@@H]4[C@H]12. The van der Waals surface area contributed by atoms with E-state index < -0.39 is 22.6 Å². The van der Waals surface area contributed by atoms with Crippen molar-refractivity contribution >= 4 is 29.5 Å². The lowest BCUT2D eigenvalue weighted by Crippen LogP contribution is -2.53. The van der Waals surface area contributed by atoms with Gasteiger partial charge >= 0.3 is 5.97 Å². The van der Waals surface area contributed by atoms with Crippen LogP contribution < -0.4 is 0 Å². The molecule has 8 heteroatoms. The number of carbonyl (C=O) groups excluding carboxylic acids is 3. The number of rotatable bonds is 7. The van der Waals surface area contributed by atoms with E-state index in [1.165, 1.54) is 0 Å². The third-order valence-corrected chi connectivity index (χ3v) is 9.22. The lowest BCUT2D eigenvalue weighted by Gasteiger charge is -2.35. The van der Waals surface area contributed by atoms with Gasteiger partial charge in [-0.2, -0.15) is 0 Å². The molecule has 7 nitrogen and oxygen atoms in total. The minimum Gasteiger partial charge on any atom is -0.465 e. The first-order chi connectivity index (χ1) is 17.1. The Bertz CT molecular complexity index is 1030. The summed E-state index contributed by atoms with van der Waals surface area (Å²) in [4.78, 5) is 44.7. The molecular weight excluding hydrogens is 464 g/mol. The highest BCUT2D eigenvalue weighted by Crippen LogP contribution is 2.60. The summed E-state index contributed by atoms with van der Waals surface area (Å²) in [6, 6.07) is 9.19. The maximum atomic E-state index is 14.1. The number of carbonyl (C=O) groups is 3. The minimum absolute atomic E-state index is 0.0732. The molecule has 5 atom stereocenters. The summed E-state index contributed by atoms with van der Waals surface area (Å²) in [5.74, 6) is -1.78. The zero-order valence-electron chi connectivity index (χ0n) is 19.8. The van der Waals surface area contributed by atoms with Crippen LogP contribution in [0.3, 0.4) is 0 Å². The number of benzene rings is 1. The average Bonchev–Trinajstić information content (AvgIpc) is 3.23. The number of hydrogen-bond donors (Lipinski definition) is 1. The zero-order valence-corrected chi connectivity index (χ0v) is 20.6. The van der Waals surface area contributed by atoms with Crippen molar-refractivity contribution in [3.05, 3.63) is 60.2 Å². The molecule has 35 heavy (non-hydrogen) atoms. The van der Waals surface area contributed by atoms with Crippen LogP contribution in [0.5, 0.6) is 0 Å². The van der Waals surface area contributed by atoms with Crippen LogP contribution in [-0.2, 0) is 25.7 Å². The van der Waals surface area contributed by atoms with Crippen LogP contribution in [-0.4, -0.2) is 75.0 Å². The predicted molar refractivity (Wildman–Crippen MR) is 133 cm³/mol. The van der Waals surface area contributed by atoms with Gasteiger partial charge < -0.3 is 19.6 Å². The Morgan fingerprint density at radius 1 is 1.06 bits per heavy atom. The number of fused-ring (bicyclic) bond motifs is 2. The first kappa shape index (κ1) is 24.1. The largest absolute Gasteiger partial charge is 0.465 e. The number of amides is 2. The summed E-state index contributed by atoms with van der Waals surface area (Å²) in [6.45, 7) is 1.78. The molecule has 4 heterocycles. The van der Waals surface area contributed by atoms with Gasteiger partial charge in [0.2, 0.25) is 11.8 Å². The molecule has 5 rings (SSSR count). The van der Waals surface area contributed by atoms with Gasteiger partial charge in [0.15, 0.2) is 0 Å². The van der Waals surface area contributed by atoms with Gasteiger partial charge in [0.25, 0.3) is 0 Å². The van der Waals surface area contributed by atoms with Gasteiger partial charge in [0.05, 0.1) is 23.2 Å². The summed E-state index contributed by atoms with van der Waals surface area (Å²) < 4.78 is 4.71. The Balaban J connectivity index is 1.51. The maximum absolute atomic E-state index is 14.1. The van der Waals surface area contributed by atoms with Crippen molar-refractivity contribution < 1.29 is 24.2 Å². The van der Waals surface area contributed by atoms with Gasteiger partial charge in [-0.25, -0.2) is 0 Å². The number of aliphatic hydroxyl groups is 1. The third kappa shape index (κ3) is 4.31. The van der Waals surface area contributed by atoms with Crippen molar-refractivity contribution in [2.75, 3.05) is 26.3 Å². The van der Waals surface area contributed by atoms with Crippen molar-refractivity contribution in [1.82, 2.24) is 9.80 Å². The van der Waals surface area contributed by atoms with Crippen LogP contribution >= 0.6 is 11.8 Å². The van der Waals surface area contributed by atoms with Crippen molar-refractivity contribution in [3.63, 3.8) is 0 Å². The summed E-state index contributed by atoms with van der Waals surface area (Å²) in [6.07, 6.45) is 10.9. The van der Waals surface area contributed by atoms with Crippen LogP contribution in [0, 0.1) is 11.8 Å². The summed E-state index contributed by atoms with van der Waals surface area (Å²) in [5, 5.41) is 8.98. The maximum Gasteiger partial charge on any atom is 0.311 e. The summed E-state index contributed by atoms with van der Waals surface area (Å²) in [5.41, 5.74) is 1.04. The van der Waals surface area contributed by atoms with E-state index in [-0.39, 0.29) is 29.6 Å². The number of cyclic esters (lactones) is 1. The zero-order chi connectivity index (χ0) is 24.4. The van der Waals surface area contributed by atoms with E-state index in [0.717, 1.165) is 12.0 Å². The monoisotopic (exact) mass is 496 g/mol. The van der Waals surface area contributed by atoms with E-state index in [0.29, 0.717) is 45.5 Å². The molecule has 1 aromatic carbocycles. The van der Waals surface area contributed by atoms with Crippen LogP contribution in [0.4, 0.5) is 0 Å². The lowest BCUT2D eigenvalue weighted by molar-refractivity contribution is -0.153. The van der Waals surface area contributed by atoms with Crippen molar-refractivity contribution in [1.29, 1.82) is 0 Å². The molecule has 4 aliphatic heterocycles. The molecule has 4 aliphatic rings. The third-order valence-electron chi connectivity index (χ3n) is 7.48. The number of thioether (sulfide) groups is 1. The summed E-state index contributed by atoms with van der Waals surface area (Å²) >= 11 is 1.58. The van der Waals surface area contributed by atoms with Gasteiger partial charge in [-0.1, -0.05) is 54.6 Å². The van der Waals surface area contributed by atoms with E-state index in [9.17, 15) is 19.5 Å². The highest BCUT2D eigenvalue weighted by molar-refractivity contribution is 8.02. The highest BCUT2D eigenvalue weighted by atomic mass is 32.2. The second kappa shape index (κ2) is 10.2. The van der Waals surface area contributed by atoms with Crippen LogP contribution in [0.1, 0.15) is 31.2 Å². The standard InChI is InChI=1S/C27H32N2O5S/c30-16-7-2-6-15-29-23-25(32)28(18-19-10-3-1-4-11-19)14-9-13-27(23)22(24(29)31)21-20(35-27)12-5-8-17-34-26(21)33/h1,3-5,9-13,20-23,30H,2,6-8,14-18H2/t20-,21+,22-,23?,27-/m0/s1. The minimum atomic E-state index is -0.806. The van der Waals surface area contributed by atoms with Crippen molar-refractivity contribution in [2.45, 2.75) is 48.3 Å². The first-order valence-corrected chi connectivity index (χ1v) is 13.4. The molecule has 1 aromatic rings. The van der Waals surface area contributed by atoms with Gasteiger partial charge in [-0.05, 0) is 31.2 Å². The Hall–Kier alpha value is -2.58. The van der Waals surface area contributed by atoms with Gasteiger partial charge in [0.1, 0.15) is 6.04 Å². The van der Waals surface area contributed by atoms with Gasteiger partial charge in [-0.3, -0.25) is 14.4 Å². The second-order valence-electron chi connectivity index (χ2n) is 9.65. The predicted octanol–water partition coefficient (Wildman–Crippen LogP) is 2.55. The smallest absolute Gasteiger partial charge is 0.311 e. The molecule has 0 aliphatic carbocycles. The number of aliphatic hydroxyl groups excluding tert-OH is 1. The molecule has 2 fully saturated rings. The number of hydrogen-bond acceptors (Lipinski definition) is 6. The van der Waals surface area contributed by atoms with E-state index >= 15 is 0 Å². The van der Waals surface area contributed by atoms with E-state index in [1.54, 1.807) is 16.7 Å². The molecule has 2 saturated heterocycles. The molecule has 0 saturated carbocycles. The van der Waals surface area contributed by atoms with Gasteiger partial charge in [-0.15, -0.1) is 11.8 Å². The lowest BCUT2D eigenvalue weighted by atomic mass is 9.78. The second-order valence-corrected chi connectivity index (χ2v) is 11.1. The Morgan fingerprint density at radius 2 is 1.89 bits per heavy atom. The molecule has 0 bridgehead atoms. The van der Waals surface area contributed by atoms with Crippen molar-refractivity contribution in [3.8, 4) is 0 Å². The Kier molecular flexibility index (Phi) is 7.02. The van der Waals surface area contributed by atoms with E-state index in [4.69, 9.17) is 4.74 Å². The van der Waals surface area contributed by atoms with Crippen LogP contribution in [0.15, 0.2) is 54.6 Å². The topological polar surface area (TPSA) is 87.2 Å². The summed E-state index contributed by atoms with van der Waals surface area (Å²) in [7, 11) is 0. The first-order valence-electron chi connectivity index (χ1n) is 12.5. The van der Waals surface area contributed by atoms with Crippen molar-refractivity contribution in [2.24, 2.45) is 11.8 Å². The van der Waals surface area contributed by atoms with Crippen LogP contribution in [0.2, 0.25) is 0 Å². The molecule has 1 unspecified atom stereocenters. The Labute approximate surface area is 210 Å². The normalized spacial score (nSPS) is 32.0. The molecule has 2 amide bonds. The molecule has 0 radical (unpaired) electrons. The molecule has 1 N–H and O–H groups in total. The van der Waals surface area contributed by atoms with Gasteiger partial charge in [0, 0.05) is 31.5 Å². The molecule has 1 spiro atoms. The number of esters is 1.